The van der Waals surface area contributed by atoms with Crippen LogP contribution in [0.25, 0.3) is 0 Å². The van der Waals surface area contributed by atoms with E-state index in [4.69, 9.17) is 16.3 Å². The third kappa shape index (κ3) is 3.08. The van der Waals surface area contributed by atoms with E-state index >= 15 is 0 Å². The zero-order valence-corrected chi connectivity index (χ0v) is 10.6. The molecule has 0 spiro atoms. The van der Waals surface area contributed by atoms with Crippen LogP contribution in [0.5, 0.6) is 11.6 Å². The number of anilines is 1. The Morgan fingerprint density at radius 1 is 1.47 bits per heavy atom. The predicted molar refractivity (Wildman–Crippen MR) is 69.8 cm³/mol. The van der Waals surface area contributed by atoms with Gasteiger partial charge < -0.3 is 10.1 Å². The van der Waals surface area contributed by atoms with Crippen LogP contribution in [0.4, 0.5) is 11.6 Å². The normalized spacial score (nSPS) is 10.0. The molecule has 0 saturated carbocycles. The second-order valence-electron chi connectivity index (χ2n) is 3.45. The molecule has 7 nitrogen and oxygen atoms in total. The predicted octanol–water partition coefficient (Wildman–Crippen LogP) is 2.87. The highest BCUT2D eigenvalue weighted by molar-refractivity contribution is 6.31. The first-order valence-electron chi connectivity index (χ1n) is 5.23. The van der Waals surface area contributed by atoms with Gasteiger partial charge in [0.1, 0.15) is 10.8 Å². The molecule has 8 heteroatoms. The molecule has 1 aromatic heterocycles. The fraction of sp³-hybridized carbons (Fsp3) is 0.0909. The van der Waals surface area contributed by atoms with E-state index in [0.717, 1.165) is 0 Å². The Morgan fingerprint density at radius 2 is 2.26 bits per heavy atom. The van der Waals surface area contributed by atoms with Crippen LogP contribution >= 0.6 is 11.6 Å². The topological polar surface area (TPSA) is 90.2 Å². The van der Waals surface area contributed by atoms with Crippen LogP contribution in [0.1, 0.15) is 0 Å². The van der Waals surface area contributed by atoms with Crippen molar-refractivity contribution in [2.75, 3.05) is 12.4 Å². The number of ether oxygens (including phenoxy) is 1. The van der Waals surface area contributed by atoms with E-state index in [1.165, 1.54) is 24.4 Å². The maximum atomic E-state index is 10.7. The Bertz CT molecular complexity index is 621. The first kappa shape index (κ1) is 13.0. The monoisotopic (exact) mass is 280 g/mol. The molecule has 0 atom stereocenters. The van der Waals surface area contributed by atoms with Crippen molar-refractivity contribution in [1.29, 1.82) is 0 Å². The first-order valence-corrected chi connectivity index (χ1v) is 5.60. The number of nitro benzene ring substituents is 1. The minimum Gasteiger partial charge on any atom is -0.437 e. The molecule has 0 unspecified atom stereocenters. The smallest absolute Gasteiger partial charge is 0.273 e. The zero-order valence-electron chi connectivity index (χ0n) is 9.83. The van der Waals surface area contributed by atoms with Gasteiger partial charge in [0.2, 0.25) is 11.8 Å². The number of nitrogens with zero attached hydrogens (tertiary/aromatic N) is 3. The molecule has 2 aromatic rings. The summed E-state index contributed by atoms with van der Waals surface area (Å²) in [6, 6.07) is 5.75. The lowest BCUT2D eigenvalue weighted by atomic mass is 10.3. The van der Waals surface area contributed by atoms with Gasteiger partial charge in [-0.2, -0.15) is 4.98 Å². The molecule has 0 bridgehead atoms. The second kappa shape index (κ2) is 5.49. The highest BCUT2D eigenvalue weighted by Gasteiger charge is 2.10. The molecule has 0 radical (unpaired) electrons. The average molecular weight is 281 g/mol. The van der Waals surface area contributed by atoms with Crippen molar-refractivity contribution in [2.45, 2.75) is 0 Å². The highest BCUT2D eigenvalue weighted by Crippen LogP contribution is 2.29. The molecule has 2 rings (SSSR count). The molecular weight excluding hydrogens is 272 g/mol. The molecule has 98 valence electrons. The van der Waals surface area contributed by atoms with E-state index in [-0.39, 0.29) is 22.3 Å². The van der Waals surface area contributed by atoms with Gasteiger partial charge in [0.05, 0.1) is 17.2 Å². The van der Waals surface area contributed by atoms with Gasteiger partial charge in [-0.15, -0.1) is 0 Å². The number of hydrogen-bond donors (Lipinski definition) is 1. The minimum absolute atomic E-state index is 0.0727. The lowest BCUT2D eigenvalue weighted by Crippen LogP contribution is -1.98. The van der Waals surface area contributed by atoms with E-state index in [1.54, 1.807) is 13.1 Å². The van der Waals surface area contributed by atoms with Crippen molar-refractivity contribution < 1.29 is 9.66 Å². The maximum Gasteiger partial charge on any atom is 0.273 e. The summed E-state index contributed by atoms with van der Waals surface area (Å²) in [7, 11) is 1.65. The number of aromatic nitrogens is 2. The molecular formula is C11H9ClN4O3. The zero-order chi connectivity index (χ0) is 13.8. The summed E-state index contributed by atoms with van der Waals surface area (Å²) in [5.41, 5.74) is -0.0727. The molecule has 0 saturated heterocycles. The maximum absolute atomic E-state index is 10.7. The van der Waals surface area contributed by atoms with Crippen molar-refractivity contribution in [3.8, 4) is 11.6 Å². The van der Waals surface area contributed by atoms with Gasteiger partial charge in [-0.3, -0.25) is 10.1 Å². The van der Waals surface area contributed by atoms with Crippen LogP contribution < -0.4 is 10.1 Å². The van der Waals surface area contributed by atoms with Gasteiger partial charge in [-0.25, -0.2) is 4.98 Å². The molecule has 0 aliphatic heterocycles. The molecule has 0 aliphatic carbocycles. The van der Waals surface area contributed by atoms with E-state index in [0.29, 0.717) is 5.95 Å². The summed E-state index contributed by atoms with van der Waals surface area (Å²) in [6.45, 7) is 0. The van der Waals surface area contributed by atoms with Gasteiger partial charge >= 0.3 is 0 Å². The standard InChI is InChI=1S/C11H9ClN4O3/c1-13-11-14-6-9(12)10(15-11)19-8-4-2-3-7(5-8)16(17)18/h2-6H,1H3,(H,13,14,15). The van der Waals surface area contributed by atoms with Gasteiger partial charge in [0.15, 0.2) is 0 Å². The molecule has 0 amide bonds. The average Bonchev–Trinajstić information content (AvgIpc) is 2.41. The van der Waals surface area contributed by atoms with Crippen LogP contribution in [0, 0.1) is 10.1 Å². The van der Waals surface area contributed by atoms with Crippen LogP contribution in [-0.2, 0) is 0 Å². The lowest BCUT2D eigenvalue weighted by molar-refractivity contribution is -0.384. The largest absolute Gasteiger partial charge is 0.437 e. The van der Waals surface area contributed by atoms with Crippen LogP contribution in [0.15, 0.2) is 30.5 Å². The summed E-state index contributed by atoms with van der Waals surface area (Å²) in [4.78, 5) is 18.1. The van der Waals surface area contributed by atoms with Crippen LogP contribution in [0.3, 0.4) is 0 Å². The summed E-state index contributed by atoms with van der Waals surface area (Å²) in [6.07, 6.45) is 1.38. The number of halogens is 1. The molecule has 1 N–H and O–H groups in total. The van der Waals surface area contributed by atoms with Crippen molar-refractivity contribution in [1.82, 2.24) is 9.97 Å². The molecule has 19 heavy (non-hydrogen) atoms. The van der Waals surface area contributed by atoms with Gasteiger partial charge in [0, 0.05) is 13.1 Å². The van der Waals surface area contributed by atoms with Crippen LogP contribution in [0.2, 0.25) is 5.02 Å². The SMILES string of the molecule is CNc1ncc(Cl)c(Oc2cccc([N+](=O)[O-])c2)n1. The van der Waals surface area contributed by atoms with E-state index in [9.17, 15) is 10.1 Å². The number of nitro groups is 1. The Kier molecular flexibility index (Phi) is 3.76. The number of nitrogens with one attached hydrogen (secondary N) is 1. The molecule has 0 fully saturated rings. The molecule has 0 aliphatic rings. The Labute approximate surface area is 113 Å². The van der Waals surface area contributed by atoms with E-state index in [1.807, 2.05) is 0 Å². The fourth-order valence-electron chi connectivity index (χ4n) is 1.32. The Hall–Kier alpha value is -2.41. The quantitative estimate of drug-likeness (QED) is 0.684. The summed E-state index contributed by atoms with van der Waals surface area (Å²) >= 11 is 5.89. The van der Waals surface area contributed by atoms with Crippen LogP contribution in [-0.4, -0.2) is 21.9 Å². The first-order chi connectivity index (χ1) is 9.10. The third-order valence-electron chi connectivity index (χ3n) is 2.18. The van der Waals surface area contributed by atoms with Crippen molar-refractivity contribution in [2.24, 2.45) is 0 Å². The van der Waals surface area contributed by atoms with Crippen molar-refractivity contribution in [3.63, 3.8) is 0 Å². The van der Waals surface area contributed by atoms with E-state index < -0.39 is 4.92 Å². The minimum atomic E-state index is -0.506. The second-order valence-corrected chi connectivity index (χ2v) is 3.86. The van der Waals surface area contributed by atoms with Crippen molar-refractivity contribution in [3.05, 3.63) is 45.6 Å². The fourth-order valence-corrected chi connectivity index (χ4v) is 1.45. The Balaban J connectivity index is 2.30. The van der Waals surface area contributed by atoms with Gasteiger partial charge in [0.25, 0.3) is 5.69 Å². The number of hydrogen-bond acceptors (Lipinski definition) is 6. The molecule has 1 aromatic carbocycles. The van der Waals surface area contributed by atoms with Gasteiger partial charge in [-0.05, 0) is 6.07 Å². The summed E-state index contributed by atoms with van der Waals surface area (Å²) < 4.78 is 5.41. The highest BCUT2D eigenvalue weighted by atomic mass is 35.5. The number of non-ortho nitro benzene ring substituents is 1. The Morgan fingerprint density at radius 3 is 2.95 bits per heavy atom. The summed E-state index contributed by atoms with van der Waals surface area (Å²) in [5, 5.41) is 13.6. The number of benzene rings is 1. The lowest BCUT2D eigenvalue weighted by Gasteiger charge is -2.07. The summed E-state index contributed by atoms with van der Waals surface area (Å²) in [5.74, 6) is 0.739. The molecule has 1 heterocycles. The third-order valence-corrected chi connectivity index (χ3v) is 2.44. The van der Waals surface area contributed by atoms with Crippen molar-refractivity contribution >= 4 is 23.2 Å². The van der Waals surface area contributed by atoms with E-state index in [2.05, 4.69) is 15.3 Å². The number of rotatable bonds is 4. The van der Waals surface area contributed by atoms with Gasteiger partial charge in [-0.1, -0.05) is 17.7 Å².